The van der Waals surface area contributed by atoms with E-state index in [-0.39, 0.29) is 12.2 Å². The summed E-state index contributed by atoms with van der Waals surface area (Å²) in [5.74, 6) is 0. The number of nitrogens with zero attached hydrogens (tertiary/aromatic N) is 2. The van der Waals surface area contributed by atoms with Crippen molar-refractivity contribution in [2.45, 2.75) is 19.3 Å². The Kier molecular flexibility index (Phi) is 4.07. The Bertz CT molecular complexity index is 295. The van der Waals surface area contributed by atoms with E-state index >= 15 is 0 Å². The van der Waals surface area contributed by atoms with Crippen molar-refractivity contribution in [3.05, 3.63) is 39.9 Å². The summed E-state index contributed by atoms with van der Waals surface area (Å²) in [4.78, 5) is 9.94. The number of non-ortho nitro benzene ring substituents is 1. The van der Waals surface area contributed by atoms with Gasteiger partial charge in [-0.15, -0.1) is 5.73 Å². The first kappa shape index (κ1) is 10.7. The maximum absolute atomic E-state index is 10.3. The Hall–Kier alpha value is -1.42. The van der Waals surface area contributed by atoms with Crippen LogP contribution < -0.4 is 5.73 Å². The zero-order valence-corrected chi connectivity index (χ0v) is 7.85. The Morgan fingerprint density at radius 1 is 1.21 bits per heavy atom. The lowest BCUT2D eigenvalue weighted by atomic mass is 10.1. The molecule has 1 rings (SSSR count). The second-order valence-electron chi connectivity index (χ2n) is 3.10. The molecule has 2 radical (unpaired) electrons. The van der Waals surface area contributed by atoms with E-state index in [2.05, 4.69) is 0 Å². The molecule has 0 unspecified atom stereocenters. The van der Waals surface area contributed by atoms with Gasteiger partial charge >= 0.3 is 0 Å². The molecule has 0 aliphatic heterocycles. The fraction of sp³-hybridized carbons (Fsp3) is 0.400. The Morgan fingerprint density at radius 3 is 2.36 bits per heavy atom. The number of hydrogen-bond acceptors (Lipinski definition) is 2. The van der Waals surface area contributed by atoms with Crippen molar-refractivity contribution in [1.82, 2.24) is 5.73 Å². The second-order valence-corrected chi connectivity index (χ2v) is 3.10. The maximum Gasteiger partial charge on any atom is 0.269 e. The molecular weight excluding hydrogens is 180 g/mol. The molecule has 0 spiro atoms. The lowest BCUT2D eigenvalue weighted by molar-refractivity contribution is -0.384. The predicted molar refractivity (Wildman–Crippen MR) is 53.0 cm³/mol. The van der Waals surface area contributed by atoms with E-state index < -0.39 is 4.92 Å². The average molecular weight is 192 g/mol. The molecular formula is C10H12N2O2. The summed E-state index contributed by atoms with van der Waals surface area (Å²) in [5, 5.41) is 10.3. The van der Waals surface area contributed by atoms with E-state index in [1.807, 2.05) is 0 Å². The molecule has 0 amide bonds. The van der Waals surface area contributed by atoms with Crippen LogP contribution in [0, 0.1) is 10.1 Å². The molecule has 0 N–H and O–H groups in total. The normalized spacial score (nSPS) is 10.1. The van der Waals surface area contributed by atoms with Crippen LogP contribution in [-0.2, 0) is 6.42 Å². The number of hydrogen-bond donors (Lipinski definition) is 0. The van der Waals surface area contributed by atoms with E-state index in [1.165, 1.54) is 12.1 Å². The van der Waals surface area contributed by atoms with Crippen molar-refractivity contribution in [2.24, 2.45) is 0 Å². The third-order valence-corrected chi connectivity index (χ3v) is 2.02. The summed E-state index contributed by atoms with van der Waals surface area (Å²) in [6, 6.07) is 6.54. The van der Waals surface area contributed by atoms with Crippen LogP contribution in [0.2, 0.25) is 0 Å². The number of nitro benzene ring substituents is 1. The van der Waals surface area contributed by atoms with Crippen LogP contribution in [0.5, 0.6) is 0 Å². The Labute approximate surface area is 82.9 Å². The number of nitro groups is 1. The van der Waals surface area contributed by atoms with Crippen molar-refractivity contribution in [1.29, 1.82) is 0 Å². The van der Waals surface area contributed by atoms with Gasteiger partial charge in [-0.1, -0.05) is 12.1 Å². The van der Waals surface area contributed by atoms with Crippen molar-refractivity contribution in [3.63, 3.8) is 0 Å². The quantitative estimate of drug-likeness (QED) is 0.406. The van der Waals surface area contributed by atoms with Crippen LogP contribution in [0.1, 0.15) is 18.4 Å². The molecule has 14 heavy (non-hydrogen) atoms. The molecule has 0 saturated carbocycles. The van der Waals surface area contributed by atoms with Gasteiger partial charge in [0.1, 0.15) is 0 Å². The van der Waals surface area contributed by atoms with E-state index in [0.29, 0.717) is 0 Å². The predicted octanol–water partition coefficient (Wildman–Crippen LogP) is 1.99. The van der Waals surface area contributed by atoms with Gasteiger partial charge in [0.25, 0.3) is 5.69 Å². The minimum absolute atomic E-state index is 0.121. The molecule has 1 aromatic rings. The first-order chi connectivity index (χ1) is 6.74. The van der Waals surface area contributed by atoms with Gasteiger partial charge in [0, 0.05) is 18.7 Å². The molecule has 4 heteroatoms. The van der Waals surface area contributed by atoms with E-state index in [9.17, 15) is 10.1 Å². The fourth-order valence-corrected chi connectivity index (χ4v) is 1.23. The highest BCUT2D eigenvalue weighted by atomic mass is 16.6. The highest BCUT2D eigenvalue weighted by molar-refractivity contribution is 5.32. The van der Waals surface area contributed by atoms with Gasteiger partial charge in [0.05, 0.1) is 4.92 Å². The van der Waals surface area contributed by atoms with Crippen LogP contribution in [-0.4, -0.2) is 11.5 Å². The fourth-order valence-electron chi connectivity index (χ4n) is 1.23. The van der Waals surface area contributed by atoms with Gasteiger partial charge in [-0.3, -0.25) is 10.1 Å². The molecule has 1 aromatic carbocycles. The highest BCUT2D eigenvalue weighted by Gasteiger charge is 2.03. The molecule has 0 heterocycles. The van der Waals surface area contributed by atoms with Gasteiger partial charge < -0.3 is 0 Å². The maximum atomic E-state index is 10.3. The van der Waals surface area contributed by atoms with Crippen molar-refractivity contribution >= 4 is 5.69 Å². The third-order valence-electron chi connectivity index (χ3n) is 2.02. The molecule has 0 aliphatic rings. The van der Waals surface area contributed by atoms with Crippen molar-refractivity contribution in [3.8, 4) is 0 Å². The minimum Gasteiger partial charge on any atom is -0.258 e. The van der Waals surface area contributed by atoms with Crippen molar-refractivity contribution in [2.75, 3.05) is 6.54 Å². The van der Waals surface area contributed by atoms with Crippen LogP contribution >= 0.6 is 0 Å². The summed E-state index contributed by atoms with van der Waals surface area (Å²) in [7, 11) is 0. The standard InChI is InChI=1S/C10H12N2O2/c11-8-2-1-3-9-4-6-10(7-5-9)12(13)14/h4-7H,1-3,8H2. The van der Waals surface area contributed by atoms with E-state index in [4.69, 9.17) is 5.73 Å². The number of aryl methyl sites for hydroxylation is 1. The van der Waals surface area contributed by atoms with Gasteiger partial charge in [-0.25, -0.2) is 0 Å². The molecule has 0 bridgehead atoms. The zero-order chi connectivity index (χ0) is 10.4. The average Bonchev–Trinajstić information content (AvgIpc) is 2.19. The van der Waals surface area contributed by atoms with Crippen LogP contribution in [0.3, 0.4) is 0 Å². The summed E-state index contributed by atoms with van der Waals surface area (Å²) in [6.07, 6.45) is 2.55. The molecule has 4 nitrogen and oxygen atoms in total. The second kappa shape index (κ2) is 5.34. The van der Waals surface area contributed by atoms with E-state index in [1.54, 1.807) is 12.1 Å². The van der Waals surface area contributed by atoms with E-state index in [0.717, 1.165) is 24.8 Å². The van der Waals surface area contributed by atoms with Gasteiger partial charge in [0.15, 0.2) is 0 Å². The largest absolute Gasteiger partial charge is 0.269 e. The molecule has 0 atom stereocenters. The van der Waals surface area contributed by atoms with Crippen LogP contribution in [0.4, 0.5) is 5.69 Å². The molecule has 0 aromatic heterocycles. The summed E-state index contributed by atoms with van der Waals surface area (Å²) in [6.45, 7) is 0.201. The number of benzene rings is 1. The zero-order valence-electron chi connectivity index (χ0n) is 7.85. The van der Waals surface area contributed by atoms with Gasteiger partial charge in [-0.05, 0) is 24.8 Å². The summed E-state index contributed by atoms with van der Waals surface area (Å²) < 4.78 is 0. The Morgan fingerprint density at radius 2 is 1.86 bits per heavy atom. The monoisotopic (exact) mass is 192 g/mol. The van der Waals surface area contributed by atoms with Crippen LogP contribution in [0.25, 0.3) is 0 Å². The SMILES string of the molecule is [N]CCCCc1ccc([N+](=O)[O-])cc1. The van der Waals surface area contributed by atoms with Gasteiger partial charge in [0.2, 0.25) is 0 Å². The highest BCUT2D eigenvalue weighted by Crippen LogP contribution is 2.13. The topological polar surface area (TPSA) is 65.4 Å². The Balaban J connectivity index is 2.51. The molecule has 74 valence electrons. The lowest BCUT2D eigenvalue weighted by Gasteiger charge is -1.99. The smallest absolute Gasteiger partial charge is 0.258 e. The number of rotatable bonds is 5. The number of unbranched alkanes of at least 4 members (excludes halogenated alkanes) is 1. The summed E-state index contributed by atoms with van der Waals surface area (Å²) in [5.41, 5.74) is 9.77. The molecule has 0 aliphatic carbocycles. The lowest BCUT2D eigenvalue weighted by Crippen LogP contribution is -1.91. The molecule has 0 saturated heterocycles. The molecule has 0 fully saturated rings. The van der Waals surface area contributed by atoms with Crippen LogP contribution in [0.15, 0.2) is 24.3 Å². The van der Waals surface area contributed by atoms with Crippen molar-refractivity contribution < 1.29 is 4.92 Å². The summed E-state index contributed by atoms with van der Waals surface area (Å²) >= 11 is 0. The van der Waals surface area contributed by atoms with Gasteiger partial charge in [-0.2, -0.15) is 0 Å². The third kappa shape index (κ3) is 3.14. The first-order valence-corrected chi connectivity index (χ1v) is 4.58. The minimum atomic E-state index is -0.405. The first-order valence-electron chi connectivity index (χ1n) is 4.58.